The van der Waals surface area contributed by atoms with Crippen LogP contribution in [-0.4, -0.2) is 57.8 Å². The molecular weight excluding hydrogens is 521 g/mol. The van der Waals surface area contributed by atoms with Crippen LogP contribution in [0.3, 0.4) is 0 Å². The van der Waals surface area contributed by atoms with E-state index in [1.54, 1.807) is 18.2 Å². The standard InChI is InChI=1S/C25H25ClFN5O4S/c1-14-6-8-16(9-7-14)37(34,35)32-13-18(17-10-15(26)11-29-25(17)32)23-28-12-19(27)24(31-23)30-20-4-3-5-21(36-2)22(20)33/h6-13,20-22,33H,3-5H2,1-2H3,(H,28,30,31)/t20?,21-,22-/m1/s1. The molecule has 1 aliphatic carbocycles. The largest absolute Gasteiger partial charge is 0.388 e. The molecule has 1 aromatic carbocycles. The molecule has 4 aromatic rings. The third-order valence-electron chi connectivity index (χ3n) is 6.56. The van der Waals surface area contributed by atoms with Gasteiger partial charge in [0.25, 0.3) is 10.0 Å². The van der Waals surface area contributed by atoms with Crippen molar-refractivity contribution in [2.75, 3.05) is 12.4 Å². The quantitative estimate of drug-likeness (QED) is 0.370. The van der Waals surface area contributed by atoms with Crippen molar-refractivity contribution in [3.05, 3.63) is 65.3 Å². The number of pyridine rings is 1. The van der Waals surface area contributed by atoms with Gasteiger partial charge in [0.1, 0.15) is 6.10 Å². The van der Waals surface area contributed by atoms with Crippen LogP contribution in [0.1, 0.15) is 24.8 Å². The number of nitrogens with zero attached hydrogens (tertiary/aromatic N) is 4. The molecule has 9 nitrogen and oxygen atoms in total. The molecule has 2 N–H and O–H groups in total. The first kappa shape index (κ1) is 25.5. The topological polar surface area (TPSA) is 119 Å². The van der Waals surface area contributed by atoms with Crippen LogP contribution in [0.25, 0.3) is 22.4 Å². The molecule has 37 heavy (non-hydrogen) atoms. The fourth-order valence-electron chi connectivity index (χ4n) is 4.57. The highest BCUT2D eigenvalue weighted by molar-refractivity contribution is 7.90. The number of fused-ring (bicyclic) bond motifs is 1. The number of ether oxygens (including phenoxy) is 1. The van der Waals surface area contributed by atoms with Gasteiger partial charge in [-0.2, -0.15) is 0 Å². The number of halogens is 2. The Kier molecular flexibility index (Phi) is 6.88. The minimum Gasteiger partial charge on any atom is -0.388 e. The van der Waals surface area contributed by atoms with Crippen molar-refractivity contribution in [2.24, 2.45) is 0 Å². The van der Waals surface area contributed by atoms with Gasteiger partial charge in [-0.05, 0) is 44.4 Å². The lowest BCUT2D eigenvalue weighted by molar-refractivity contribution is -0.0421. The maximum atomic E-state index is 14.7. The third kappa shape index (κ3) is 4.79. The van der Waals surface area contributed by atoms with Gasteiger partial charge < -0.3 is 15.2 Å². The van der Waals surface area contributed by atoms with Crippen molar-refractivity contribution in [3.63, 3.8) is 0 Å². The molecule has 194 valence electrons. The Bertz CT molecular complexity index is 1560. The molecular formula is C25H25ClFN5O4S. The van der Waals surface area contributed by atoms with Crippen LogP contribution in [0.4, 0.5) is 10.2 Å². The van der Waals surface area contributed by atoms with Crippen molar-refractivity contribution in [1.29, 1.82) is 0 Å². The Balaban J connectivity index is 1.59. The van der Waals surface area contributed by atoms with E-state index in [0.717, 1.165) is 22.2 Å². The van der Waals surface area contributed by atoms with Crippen molar-refractivity contribution < 1.29 is 22.7 Å². The van der Waals surface area contributed by atoms with Gasteiger partial charge >= 0.3 is 0 Å². The van der Waals surface area contributed by atoms with Crippen LogP contribution in [0.5, 0.6) is 0 Å². The highest BCUT2D eigenvalue weighted by Gasteiger charge is 2.33. The van der Waals surface area contributed by atoms with Crippen molar-refractivity contribution in [3.8, 4) is 11.4 Å². The molecule has 0 aliphatic heterocycles. The zero-order valence-corrected chi connectivity index (χ0v) is 21.7. The smallest absolute Gasteiger partial charge is 0.269 e. The zero-order chi connectivity index (χ0) is 26.3. The second kappa shape index (κ2) is 9.97. The number of aliphatic hydroxyl groups excluding tert-OH is 1. The predicted molar refractivity (Wildman–Crippen MR) is 138 cm³/mol. The second-order valence-corrected chi connectivity index (χ2v) is 11.3. The Morgan fingerprint density at radius 2 is 1.95 bits per heavy atom. The lowest BCUT2D eigenvalue weighted by Crippen LogP contribution is -2.46. The van der Waals surface area contributed by atoms with Crippen LogP contribution in [-0.2, 0) is 14.8 Å². The number of aryl methyl sites for hydroxylation is 1. The van der Waals surface area contributed by atoms with Crippen LogP contribution in [0, 0.1) is 12.7 Å². The third-order valence-corrected chi connectivity index (χ3v) is 8.43. The molecule has 1 unspecified atom stereocenters. The molecule has 3 heterocycles. The highest BCUT2D eigenvalue weighted by atomic mass is 35.5. The van der Waals surface area contributed by atoms with E-state index in [9.17, 15) is 17.9 Å². The normalized spacial score (nSPS) is 20.3. The van der Waals surface area contributed by atoms with Gasteiger partial charge in [-0.25, -0.2) is 31.7 Å². The fraction of sp³-hybridized carbons (Fsp3) is 0.320. The van der Waals surface area contributed by atoms with E-state index >= 15 is 0 Å². The molecule has 0 saturated heterocycles. The lowest BCUT2D eigenvalue weighted by Gasteiger charge is -2.34. The number of nitrogens with one attached hydrogen (secondary N) is 1. The second-order valence-electron chi connectivity index (χ2n) is 9.02. The van der Waals surface area contributed by atoms with E-state index in [2.05, 4.69) is 20.3 Å². The Morgan fingerprint density at radius 1 is 1.19 bits per heavy atom. The number of anilines is 1. The molecule has 1 fully saturated rings. The van der Waals surface area contributed by atoms with Crippen LogP contribution in [0.2, 0.25) is 5.02 Å². The Hall–Kier alpha value is -3.12. The van der Waals surface area contributed by atoms with Gasteiger partial charge in [-0.1, -0.05) is 29.3 Å². The number of aromatic nitrogens is 4. The van der Waals surface area contributed by atoms with E-state index in [-0.39, 0.29) is 33.3 Å². The summed E-state index contributed by atoms with van der Waals surface area (Å²) in [7, 11) is -2.49. The van der Waals surface area contributed by atoms with Gasteiger partial charge in [0.2, 0.25) is 0 Å². The van der Waals surface area contributed by atoms with E-state index in [4.69, 9.17) is 16.3 Å². The van der Waals surface area contributed by atoms with Crippen molar-refractivity contribution in [2.45, 2.75) is 49.3 Å². The van der Waals surface area contributed by atoms with Gasteiger partial charge in [-0.15, -0.1) is 0 Å². The average molecular weight is 546 g/mol. The van der Waals surface area contributed by atoms with Crippen LogP contribution < -0.4 is 5.32 Å². The average Bonchev–Trinajstić information content (AvgIpc) is 3.26. The summed E-state index contributed by atoms with van der Waals surface area (Å²) in [5.41, 5.74) is 1.36. The summed E-state index contributed by atoms with van der Waals surface area (Å²) in [5.74, 6) is -0.741. The zero-order valence-electron chi connectivity index (χ0n) is 20.1. The molecule has 0 spiro atoms. The van der Waals surface area contributed by atoms with Gasteiger partial charge in [-0.3, -0.25) is 0 Å². The Morgan fingerprint density at radius 3 is 2.68 bits per heavy atom. The van der Waals surface area contributed by atoms with Gasteiger partial charge in [0.15, 0.2) is 23.1 Å². The lowest BCUT2D eigenvalue weighted by atomic mass is 9.90. The summed E-state index contributed by atoms with van der Waals surface area (Å²) < 4.78 is 48.1. The summed E-state index contributed by atoms with van der Waals surface area (Å²) in [6.45, 7) is 1.86. The fourth-order valence-corrected chi connectivity index (χ4v) is 6.05. The summed E-state index contributed by atoms with van der Waals surface area (Å²) in [5, 5.41) is 14.3. The van der Waals surface area contributed by atoms with E-state index in [1.807, 2.05) is 6.92 Å². The monoisotopic (exact) mass is 545 g/mol. The highest BCUT2D eigenvalue weighted by Crippen LogP contribution is 2.33. The van der Waals surface area contributed by atoms with E-state index in [1.165, 1.54) is 31.6 Å². The molecule has 1 aliphatic rings. The molecule has 0 radical (unpaired) electrons. The molecule has 5 rings (SSSR count). The minimum atomic E-state index is -4.02. The van der Waals surface area contributed by atoms with Crippen molar-refractivity contribution in [1.82, 2.24) is 18.9 Å². The molecule has 12 heteroatoms. The minimum absolute atomic E-state index is 0.0735. The first-order valence-corrected chi connectivity index (χ1v) is 13.5. The number of aliphatic hydroxyl groups is 1. The first-order valence-electron chi connectivity index (χ1n) is 11.7. The van der Waals surface area contributed by atoms with Crippen molar-refractivity contribution >= 4 is 38.5 Å². The molecule has 3 aromatic heterocycles. The number of rotatable bonds is 6. The predicted octanol–water partition coefficient (Wildman–Crippen LogP) is 4.17. The Labute approximate surface area is 218 Å². The number of benzene rings is 1. The molecule has 0 amide bonds. The summed E-state index contributed by atoms with van der Waals surface area (Å²) in [4.78, 5) is 12.8. The van der Waals surface area contributed by atoms with Crippen LogP contribution >= 0.6 is 11.6 Å². The number of methoxy groups -OCH3 is 1. The number of hydrogen-bond donors (Lipinski definition) is 2. The summed E-state index contributed by atoms with van der Waals surface area (Å²) >= 11 is 6.19. The van der Waals surface area contributed by atoms with Gasteiger partial charge in [0, 0.05) is 30.5 Å². The molecule has 1 saturated carbocycles. The van der Waals surface area contributed by atoms with Crippen LogP contribution in [0.15, 0.2) is 53.8 Å². The first-order chi connectivity index (χ1) is 17.7. The van der Waals surface area contributed by atoms with Gasteiger partial charge in [0.05, 0.1) is 28.3 Å². The maximum Gasteiger partial charge on any atom is 0.269 e. The van der Waals surface area contributed by atoms with E-state index < -0.39 is 28.0 Å². The van der Waals surface area contributed by atoms with E-state index in [0.29, 0.717) is 23.8 Å². The summed E-state index contributed by atoms with van der Waals surface area (Å²) in [6, 6.07) is 7.54. The maximum absolute atomic E-state index is 14.7. The SMILES string of the molecule is CO[C@@H]1CCCC(Nc2nc(-c3cn(S(=O)(=O)c4ccc(C)cc4)c4ncc(Cl)cc34)ncc2F)[C@H]1O. The summed E-state index contributed by atoms with van der Waals surface area (Å²) in [6.07, 6.45) is 4.60. The molecule has 3 atom stereocenters. The molecule has 0 bridgehead atoms. The number of hydrogen-bond acceptors (Lipinski definition) is 8.